The van der Waals surface area contributed by atoms with Gasteiger partial charge in [-0.05, 0) is 78.7 Å². The van der Waals surface area contributed by atoms with Crippen LogP contribution in [0.1, 0.15) is 46.0 Å². The molecular formula is C41H43FN4O8Si. The van der Waals surface area contributed by atoms with E-state index in [-0.39, 0.29) is 49.2 Å². The summed E-state index contributed by atoms with van der Waals surface area (Å²) in [6.45, 7) is 4.82. The summed E-state index contributed by atoms with van der Waals surface area (Å²) in [6, 6.07) is 25.0. The second-order valence-electron chi connectivity index (χ2n) is 15.0. The molecule has 12 nitrogen and oxygen atoms in total. The quantitative estimate of drug-likeness (QED) is 0.0803. The van der Waals surface area contributed by atoms with Gasteiger partial charge >= 0.3 is 0 Å². The van der Waals surface area contributed by atoms with Crippen LogP contribution >= 0.6 is 0 Å². The Labute approximate surface area is 319 Å². The number of ether oxygens (including phenoxy) is 2. The third-order valence-corrected chi connectivity index (χ3v) is 13.8. The molecule has 3 aliphatic rings. The number of hydrogen-bond donors (Lipinski definition) is 2. The third-order valence-electron chi connectivity index (χ3n) is 11.3. The van der Waals surface area contributed by atoms with Crippen LogP contribution in [0.25, 0.3) is 0 Å². The molecule has 1 spiro atoms. The van der Waals surface area contributed by atoms with Gasteiger partial charge in [0.2, 0.25) is 14.3 Å². The highest BCUT2D eigenvalue weighted by atomic mass is 28.4. The molecule has 55 heavy (non-hydrogen) atoms. The average molecular weight is 767 g/mol. The molecule has 4 aromatic carbocycles. The number of hydrogen-bond acceptors (Lipinski definition) is 8. The van der Waals surface area contributed by atoms with E-state index in [1.807, 2.05) is 24.3 Å². The summed E-state index contributed by atoms with van der Waals surface area (Å²) in [5.41, 5.74) is 1.31. The van der Waals surface area contributed by atoms with Gasteiger partial charge < -0.3 is 33.8 Å². The van der Waals surface area contributed by atoms with E-state index in [0.717, 1.165) is 11.1 Å². The number of aliphatic hydroxyl groups excluding tert-OH is 1. The Hall–Kier alpha value is -5.44. The molecule has 2 N–H and O–H groups in total. The molecule has 3 aliphatic heterocycles. The summed E-state index contributed by atoms with van der Waals surface area (Å²) >= 11 is 0. The van der Waals surface area contributed by atoms with Crippen LogP contribution in [0.4, 0.5) is 21.2 Å². The molecule has 5 atom stereocenters. The molecule has 14 heteroatoms. The van der Waals surface area contributed by atoms with E-state index in [9.17, 15) is 29.6 Å². The minimum absolute atomic E-state index is 0.0177. The fraction of sp³-hybridized carbons (Fsp3) is 0.341. The number of benzene rings is 4. The van der Waals surface area contributed by atoms with Gasteiger partial charge in [0.25, 0.3) is 17.5 Å². The van der Waals surface area contributed by atoms with Crippen molar-refractivity contribution in [3.63, 3.8) is 0 Å². The molecule has 0 radical (unpaired) electrons. The Balaban J connectivity index is 1.20. The van der Waals surface area contributed by atoms with Gasteiger partial charge in [-0.3, -0.25) is 24.5 Å². The Bertz CT molecular complexity index is 2160. The number of fused-ring (bicyclic) bond motifs is 3. The Morgan fingerprint density at radius 3 is 2.45 bits per heavy atom. The maximum absolute atomic E-state index is 16.5. The first-order chi connectivity index (χ1) is 26.2. The number of nitro groups is 1. The zero-order valence-corrected chi connectivity index (χ0v) is 32.0. The lowest BCUT2D eigenvalue weighted by Gasteiger charge is -2.37. The number of nitrogens with zero attached hydrogens (tertiary/aromatic N) is 3. The molecule has 286 valence electrons. The Morgan fingerprint density at radius 1 is 1.05 bits per heavy atom. The number of rotatable bonds is 10. The summed E-state index contributed by atoms with van der Waals surface area (Å²) in [7, 11) is -2.14. The van der Waals surface area contributed by atoms with Gasteiger partial charge in [0.1, 0.15) is 5.75 Å². The van der Waals surface area contributed by atoms with Crippen molar-refractivity contribution in [1.29, 1.82) is 0 Å². The van der Waals surface area contributed by atoms with Crippen molar-refractivity contribution in [1.82, 2.24) is 4.90 Å². The highest BCUT2D eigenvalue weighted by Gasteiger charge is 2.67. The van der Waals surface area contributed by atoms with E-state index >= 15 is 4.11 Å². The van der Waals surface area contributed by atoms with E-state index in [1.165, 1.54) is 43.3 Å². The molecule has 0 saturated carbocycles. The number of halogens is 1. The molecular weight excluding hydrogens is 724 g/mol. The largest absolute Gasteiger partial charge is 0.497 e. The van der Waals surface area contributed by atoms with Crippen LogP contribution in [-0.2, 0) is 39.4 Å². The lowest BCUT2D eigenvalue weighted by Crippen LogP contribution is -2.48. The summed E-state index contributed by atoms with van der Waals surface area (Å²) < 4.78 is 28.5. The van der Waals surface area contributed by atoms with Gasteiger partial charge in [-0.25, -0.2) is 0 Å². The van der Waals surface area contributed by atoms with Crippen LogP contribution in [0.3, 0.4) is 0 Å². The second-order valence-corrected chi connectivity index (χ2v) is 18.8. The number of methoxy groups -OCH3 is 1. The summed E-state index contributed by atoms with van der Waals surface area (Å²) in [5, 5.41) is 25.2. The smallest absolute Gasteiger partial charge is 0.269 e. The van der Waals surface area contributed by atoms with Crippen molar-refractivity contribution >= 4 is 43.2 Å². The zero-order valence-electron chi connectivity index (χ0n) is 31.0. The number of anilines is 2. The van der Waals surface area contributed by atoms with Crippen molar-refractivity contribution in [2.45, 2.75) is 69.2 Å². The molecule has 0 bridgehead atoms. The first-order valence-electron chi connectivity index (χ1n) is 18.2. The third kappa shape index (κ3) is 6.89. The first kappa shape index (κ1) is 37.9. The summed E-state index contributed by atoms with van der Waals surface area (Å²) in [4.78, 5) is 56.7. The normalized spacial score (nSPS) is 23.1. The van der Waals surface area contributed by atoms with Gasteiger partial charge in [-0.1, -0.05) is 43.3 Å². The minimum Gasteiger partial charge on any atom is -0.497 e. The molecule has 4 aromatic rings. The standard InChI is InChI=1S/C41H43FN4O8Si/c1-25-38(55(3,4)42)36(21-37(48)44-23-29-10-6-5-9-28(29)19-32(44)24-47)54-41(25)34-20-31(46(51)52)14-17-35(34)45(40(41)50)22-26-8-7-11-30(18-26)43-39(49)27-12-15-33(53-2)16-13-27/h5-18,20,25,32,36,38,47H,19,21-24H2,1-4H3,(H,43,49)/t25-,32+,36+,38-,41+/m1/s1. The fourth-order valence-electron chi connectivity index (χ4n) is 8.71. The van der Waals surface area contributed by atoms with Gasteiger partial charge in [0.15, 0.2) is 5.60 Å². The van der Waals surface area contributed by atoms with Gasteiger partial charge in [0, 0.05) is 47.0 Å². The number of aliphatic hydroxyl groups is 1. The molecule has 1 fully saturated rings. The molecule has 0 unspecified atom stereocenters. The van der Waals surface area contributed by atoms with E-state index in [0.29, 0.717) is 34.7 Å². The number of carbonyl (C=O) groups excluding carboxylic acids is 3. The predicted octanol–water partition coefficient (Wildman–Crippen LogP) is 6.51. The lowest BCUT2D eigenvalue weighted by molar-refractivity contribution is -0.385. The van der Waals surface area contributed by atoms with E-state index in [1.54, 1.807) is 60.4 Å². The van der Waals surface area contributed by atoms with Crippen LogP contribution < -0.4 is 15.0 Å². The van der Waals surface area contributed by atoms with Crippen molar-refractivity contribution in [2.24, 2.45) is 5.92 Å². The average Bonchev–Trinajstić information content (AvgIpc) is 3.59. The van der Waals surface area contributed by atoms with E-state index in [2.05, 4.69) is 5.32 Å². The van der Waals surface area contributed by atoms with Crippen LogP contribution in [-0.4, -0.2) is 66.9 Å². The minimum atomic E-state index is -3.68. The zero-order chi connectivity index (χ0) is 39.2. The van der Waals surface area contributed by atoms with Crippen molar-refractivity contribution in [2.75, 3.05) is 23.9 Å². The van der Waals surface area contributed by atoms with Crippen molar-refractivity contribution in [3.05, 3.63) is 129 Å². The summed E-state index contributed by atoms with van der Waals surface area (Å²) in [5.74, 6) is -1.36. The van der Waals surface area contributed by atoms with Gasteiger partial charge in [0.05, 0.1) is 49.4 Å². The van der Waals surface area contributed by atoms with Crippen LogP contribution in [0, 0.1) is 16.0 Å². The van der Waals surface area contributed by atoms with E-state index in [4.69, 9.17) is 9.47 Å². The number of nitrogens with one attached hydrogen (secondary N) is 1. The van der Waals surface area contributed by atoms with Gasteiger partial charge in [-0.2, -0.15) is 0 Å². The molecule has 7 rings (SSSR count). The highest BCUT2D eigenvalue weighted by molar-refractivity contribution is 6.72. The first-order valence-corrected chi connectivity index (χ1v) is 21.2. The molecule has 0 aliphatic carbocycles. The maximum atomic E-state index is 16.5. The Morgan fingerprint density at radius 2 is 1.78 bits per heavy atom. The molecule has 1 saturated heterocycles. The monoisotopic (exact) mass is 766 g/mol. The van der Waals surface area contributed by atoms with Crippen LogP contribution in [0.15, 0.2) is 91.0 Å². The van der Waals surface area contributed by atoms with Gasteiger partial charge in [-0.15, -0.1) is 0 Å². The van der Waals surface area contributed by atoms with Crippen LogP contribution in [0.2, 0.25) is 18.6 Å². The topological polar surface area (TPSA) is 152 Å². The van der Waals surface area contributed by atoms with Crippen molar-refractivity contribution in [3.8, 4) is 5.75 Å². The molecule has 0 aromatic heterocycles. The molecule has 3 heterocycles. The van der Waals surface area contributed by atoms with Crippen molar-refractivity contribution < 1.29 is 38.0 Å². The maximum Gasteiger partial charge on any atom is 0.269 e. The van der Waals surface area contributed by atoms with Crippen LogP contribution in [0.5, 0.6) is 5.75 Å². The number of carbonyl (C=O) groups is 3. The fourth-order valence-corrected chi connectivity index (χ4v) is 11.2. The Kier molecular flexibility index (Phi) is 10.1. The van der Waals surface area contributed by atoms with E-state index < -0.39 is 48.4 Å². The number of non-ortho nitro benzene ring substituents is 1. The highest BCUT2D eigenvalue weighted by Crippen LogP contribution is 2.60. The molecule has 3 amide bonds. The SMILES string of the molecule is COc1ccc(C(=O)Nc2cccc(CN3C(=O)[C@@]4(O[C@@H](CC(=O)N5Cc6ccccc6C[C@H]5CO)[C@H]([Si](C)(C)F)[C@H]4C)c4cc([N+](=O)[O-])ccc43)c2)cc1. The lowest BCUT2D eigenvalue weighted by atomic mass is 9.82. The summed E-state index contributed by atoms with van der Waals surface area (Å²) in [6.07, 6.45) is -0.782. The number of amides is 3. The number of nitro benzene ring substituents is 1. The second kappa shape index (κ2) is 14.7. The predicted molar refractivity (Wildman–Crippen MR) is 206 cm³/mol.